The maximum absolute atomic E-state index is 12.6. The van der Waals surface area contributed by atoms with Gasteiger partial charge in [0.05, 0.1) is 0 Å². The Morgan fingerprint density at radius 1 is 0.720 bits per heavy atom. The third kappa shape index (κ3) is 14.2. The highest BCUT2D eigenvalue weighted by molar-refractivity contribution is 5.68. The highest BCUT2D eigenvalue weighted by Gasteiger charge is 2.24. The lowest BCUT2D eigenvalue weighted by Gasteiger charge is -2.29. The number of hydrogen-bond acceptors (Lipinski definition) is 2. The Morgan fingerprint density at radius 3 is 1.52 bits per heavy atom. The van der Waals surface area contributed by atoms with E-state index in [0.717, 1.165) is 32.4 Å². The molecule has 0 radical (unpaired) electrons. The van der Waals surface area contributed by atoms with Crippen molar-refractivity contribution in [2.45, 2.75) is 124 Å². The minimum atomic E-state index is -0.364. The Hall–Kier alpha value is -0.730. The van der Waals surface area contributed by atoms with Crippen LogP contribution >= 0.6 is 0 Å². The van der Waals surface area contributed by atoms with E-state index in [-0.39, 0.29) is 11.7 Å². The summed E-state index contributed by atoms with van der Waals surface area (Å²) in [5.41, 5.74) is -0.364. The Labute approximate surface area is 157 Å². The fourth-order valence-corrected chi connectivity index (χ4v) is 2.83. The molecule has 25 heavy (non-hydrogen) atoms. The summed E-state index contributed by atoms with van der Waals surface area (Å²) in [7, 11) is 0. The maximum atomic E-state index is 12.6. The monoisotopic (exact) mass is 355 g/mol. The van der Waals surface area contributed by atoms with Crippen molar-refractivity contribution in [3.05, 3.63) is 0 Å². The fraction of sp³-hybridized carbons (Fsp3) is 0.955. The van der Waals surface area contributed by atoms with Crippen LogP contribution < -0.4 is 0 Å². The Bertz CT molecular complexity index is 299. The Kier molecular flexibility index (Phi) is 15.1. The summed E-state index contributed by atoms with van der Waals surface area (Å²) >= 11 is 0. The van der Waals surface area contributed by atoms with E-state index in [0.29, 0.717) is 0 Å². The molecule has 0 aliphatic carbocycles. The summed E-state index contributed by atoms with van der Waals surface area (Å²) in [5.74, 6) is 0. The summed E-state index contributed by atoms with van der Waals surface area (Å²) in [4.78, 5) is 14.5. The predicted molar refractivity (Wildman–Crippen MR) is 109 cm³/mol. The molecule has 0 aromatic carbocycles. The smallest absolute Gasteiger partial charge is 0.410 e. The number of amides is 1. The van der Waals surface area contributed by atoms with Gasteiger partial charge in [0.25, 0.3) is 0 Å². The number of hydrogen-bond donors (Lipinski definition) is 0. The van der Waals surface area contributed by atoms with Crippen LogP contribution in [0.15, 0.2) is 0 Å². The standard InChI is InChI=1S/C22H45NO2/c1-6-9-11-13-15-17-19-23(20-18-16-14-12-10-7-2)21(24)25-22(4,5)8-3/h6-20H2,1-5H3. The molecule has 0 aliphatic heterocycles. The first-order valence-corrected chi connectivity index (χ1v) is 10.9. The van der Waals surface area contributed by atoms with Crippen molar-refractivity contribution in [3.8, 4) is 0 Å². The average molecular weight is 356 g/mol. The van der Waals surface area contributed by atoms with Gasteiger partial charge in [-0.1, -0.05) is 85.0 Å². The van der Waals surface area contributed by atoms with Gasteiger partial charge in [-0.2, -0.15) is 0 Å². The normalized spacial score (nSPS) is 11.6. The number of unbranched alkanes of at least 4 members (excludes halogenated alkanes) is 10. The van der Waals surface area contributed by atoms with Crippen molar-refractivity contribution < 1.29 is 9.53 Å². The van der Waals surface area contributed by atoms with Crippen molar-refractivity contribution in [3.63, 3.8) is 0 Å². The van der Waals surface area contributed by atoms with Crippen molar-refractivity contribution >= 4 is 6.09 Å². The molecule has 0 aliphatic rings. The molecule has 150 valence electrons. The van der Waals surface area contributed by atoms with Gasteiger partial charge in [0.15, 0.2) is 0 Å². The molecule has 0 heterocycles. The molecule has 0 saturated heterocycles. The third-order valence-corrected chi connectivity index (χ3v) is 5.04. The zero-order valence-electron chi connectivity index (χ0n) is 17.9. The van der Waals surface area contributed by atoms with Crippen LogP contribution in [0.5, 0.6) is 0 Å². The number of carbonyl (C=O) groups excluding carboxylic acids is 1. The second-order valence-corrected chi connectivity index (χ2v) is 8.00. The summed E-state index contributed by atoms with van der Waals surface area (Å²) in [6.07, 6.45) is 15.8. The molecule has 3 nitrogen and oxygen atoms in total. The molecule has 0 aromatic rings. The van der Waals surface area contributed by atoms with Crippen LogP contribution in [0.1, 0.15) is 118 Å². The van der Waals surface area contributed by atoms with E-state index in [1.807, 2.05) is 18.7 Å². The zero-order valence-corrected chi connectivity index (χ0v) is 17.9. The van der Waals surface area contributed by atoms with Gasteiger partial charge in [0, 0.05) is 13.1 Å². The van der Waals surface area contributed by atoms with Crippen LogP contribution in [0.2, 0.25) is 0 Å². The first-order chi connectivity index (χ1) is 12.0. The molecule has 0 fully saturated rings. The summed E-state index contributed by atoms with van der Waals surface area (Å²) in [6, 6.07) is 0. The number of nitrogens with zero attached hydrogens (tertiary/aromatic N) is 1. The van der Waals surface area contributed by atoms with Gasteiger partial charge in [-0.25, -0.2) is 4.79 Å². The molecule has 0 spiro atoms. The van der Waals surface area contributed by atoms with Gasteiger partial charge < -0.3 is 9.64 Å². The van der Waals surface area contributed by atoms with E-state index >= 15 is 0 Å². The quantitative estimate of drug-likeness (QED) is 0.271. The summed E-state index contributed by atoms with van der Waals surface area (Å²) < 4.78 is 5.73. The highest BCUT2D eigenvalue weighted by atomic mass is 16.6. The van der Waals surface area contributed by atoms with Crippen molar-refractivity contribution in [2.75, 3.05) is 13.1 Å². The largest absolute Gasteiger partial charge is 0.443 e. The van der Waals surface area contributed by atoms with Crippen LogP contribution in [-0.2, 0) is 4.74 Å². The maximum Gasteiger partial charge on any atom is 0.410 e. The molecule has 0 saturated carbocycles. The van der Waals surface area contributed by atoms with E-state index in [4.69, 9.17) is 4.74 Å². The molecule has 0 bridgehead atoms. The van der Waals surface area contributed by atoms with Crippen molar-refractivity contribution in [1.29, 1.82) is 0 Å². The van der Waals surface area contributed by atoms with Crippen LogP contribution in [0.3, 0.4) is 0 Å². The van der Waals surface area contributed by atoms with Gasteiger partial charge in [-0.3, -0.25) is 0 Å². The van der Waals surface area contributed by atoms with Crippen LogP contribution in [-0.4, -0.2) is 29.7 Å². The van der Waals surface area contributed by atoms with Crippen molar-refractivity contribution in [2.24, 2.45) is 0 Å². The van der Waals surface area contributed by atoms with Gasteiger partial charge in [0.1, 0.15) is 5.60 Å². The lowest BCUT2D eigenvalue weighted by atomic mass is 10.1. The molecular weight excluding hydrogens is 310 g/mol. The minimum Gasteiger partial charge on any atom is -0.443 e. The number of carbonyl (C=O) groups is 1. The van der Waals surface area contributed by atoms with Crippen LogP contribution in [0.4, 0.5) is 4.79 Å². The second kappa shape index (κ2) is 15.5. The second-order valence-electron chi connectivity index (χ2n) is 8.00. The molecule has 0 N–H and O–H groups in total. The first kappa shape index (κ1) is 24.3. The molecule has 0 rings (SSSR count). The van der Waals surface area contributed by atoms with Crippen molar-refractivity contribution in [1.82, 2.24) is 4.90 Å². The molecule has 1 amide bonds. The van der Waals surface area contributed by atoms with E-state index in [2.05, 4.69) is 20.8 Å². The van der Waals surface area contributed by atoms with Gasteiger partial charge >= 0.3 is 6.09 Å². The Balaban J connectivity index is 4.23. The van der Waals surface area contributed by atoms with Gasteiger partial charge in [-0.15, -0.1) is 0 Å². The fourth-order valence-electron chi connectivity index (χ4n) is 2.83. The van der Waals surface area contributed by atoms with E-state index in [1.54, 1.807) is 0 Å². The first-order valence-electron chi connectivity index (χ1n) is 10.9. The number of ether oxygens (including phenoxy) is 1. The summed E-state index contributed by atoms with van der Waals surface area (Å²) in [5, 5.41) is 0. The topological polar surface area (TPSA) is 29.5 Å². The zero-order chi connectivity index (χ0) is 19.0. The van der Waals surface area contributed by atoms with E-state index in [1.165, 1.54) is 64.2 Å². The van der Waals surface area contributed by atoms with E-state index in [9.17, 15) is 4.79 Å². The van der Waals surface area contributed by atoms with Gasteiger partial charge in [-0.05, 0) is 33.1 Å². The summed E-state index contributed by atoms with van der Waals surface area (Å²) in [6.45, 7) is 12.2. The molecule has 0 aromatic heterocycles. The predicted octanol–water partition coefficient (Wildman–Crippen LogP) is 7.33. The van der Waals surface area contributed by atoms with E-state index < -0.39 is 0 Å². The molecule has 0 unspecified atom stereocenters. The SMILES string of the molecule is CCCCCCCCN(CCCCCCCC)C(=O)OC(C)(C)CC. The average Bonchev–Trinajstić information content (AvgIpc) is 2.58. The third-order valence-electron chi connectivity index (χ3n) is 5.04. The van der Waals surface area contributed by atoms with Crippen LogP contribution in [0.25, 0.3) is 0 Å². The lowest BCUT2D eigenvalue weighted by molar-refractivity contribution is 0.0108. The lowest BCUT2D eigenvalue weighted by Crippen LogP contribution is -2.39. The molecule has 3 heteroatoms. The van der Waals surface area contributed by atoms with Crippen LogP contribution in [0, 0.1) is 0 Å². The molecule has 0 atom stereocenters. The highest BCUT2D eigenvalue weighted by Crippen LogP contribution is 2.17. The minimum absolute atomic E-state index is 0.117. The number of rotatable bonds is 16. The Morgan fingerprint density at radius 2 is 1.12 bits per heavy atom. The molecular formula is C22H45NO2. The van der Waals surface area contributed by atoms with Gasteiger partial charge in [0.2, 0.25) is 0 Å².